The number of carbonyl (C=O) groups is 1. The fourth-order valence-corrected chi connectivity index (χ4v) is 2.11. The van der Waals surface area contributed by atoms with Crippen molar-refractivity contribution in [2.75, 3.05) is 32.6 Å². The molecule has 1 aromatic rings. The van der Waals surface area contributed by atoms with Crippen LogP contribution in [0, 0.1) is 0 Å². The highest BCUT2D eigenvalue weighted by atomic mass is 16.2. The van der Waals surface area contributed by atoms with Crippen molar-refractivity contribution < 1.29 is 4.79 Å². The second kappa shape index (κ2) is 8.29. The number of nitrogens with one attached hydrogen (secondary N) is 1. The van der Waals surface area contributed by atoms with E-state index in [1.54, 1.807) is 16.8 Å². The van der Waals surface area contributed by atoms with E-state index in [-0.39, 0.29) is 6.03 Å². The summed E-state index contributed by atoms with van der Waals surface area (Å²) in [7, 11) is 5.35. The monoisotopic (exact) mass is 290 g/mol. The van der Waals surface area contributed by atoms with E-state index in [2.05, 4.69) is 29.4 Å². The number of benzene rings is 1. The number of amides is 2. The van der Waals surface area contributed by atoms with E-state index in [0.29, 0.717) is 12.5 Å². The van der Waals surface area contributed by atoms with Crippen molar-refractivity contribution in [3.63, 3.8) is 0 Å². The number of nitrogens with zero attached hydrogens (tertiary/aromatic N) is 3. The normalized spacial score (nSPS) is 11.2. The zero-order chi connectivity index (χ0) is 15.8. The lowest BCUT2D eigenvalue weighted by atomic mass is 10.1. The molecule has 0 spiro atoms. The summed E-state index contributed by atoms with van der Waals surface area (Å²) in [5, 5.41) is 2.82. The van der Waals surface area contributed by atoms with Crippen LogP contribution in [0.2, 0.25) is 0 Å². The van der Waals surface area contributed by atoms with Gasteiger partial charge >= 0.3 is 6.03 Å². The van der Waals surface area contributed by atoms with Gasteiger partial charge in [-0.2, -0.15) is 0 Å². The molecule has 0 saturated heterocycles. The van der Waals surface area contributed by atoms with Crippen molar-refractivity contribution in [2.45, 2.75) is 26.7 Å². The van der Waals surface area contributed by atoms with Crippen molar-refractivity contribution in [1.82, 2.24) is 10.2 Å². The third-order valence-corrected chi connectivity index (χ3v) is 3.20. The zero-order valence-electron chi connectivity index (χ0n) is 13.7. The van der Waals surface area contributed by atoms with E-state index in [0.717, 1.165) is 18.5 Å². The lowest BCUT2D eigenvalue weighted by molar-refractivity contribution is 0.250. The number of hydrogen-bond donors (Lipinski definition) is 1. The SMILES string of the molecule is CCCc1ccc(N(CC)C(=O)NC(=NC)N(C)C)cc1. The fraction of sp³-hybridized carbons (Fsp3) is 0.500. The number of anilines is 1. The first-order chi connectivity index (χ1) is 10.0. The fourth-order valence-electron chi connectivity index (χ4n) is 2.11. The minimum atomic E-state index is -0.171. The maximum Gasteiger partial charge on any atom is 0.328 e. The first kappa shape index (κ1) is 17.0. The molecule has 0 atom stereocenters. The van der Waals surface area contributed by atoms with Gasteiger partial charge in [0.1, 0.15) is 0 Å². The summed E-state index contributed by atoms with van der Waals surface area (Å²) in [6.45, 7) is 4.72. The number of aliphatic imine (C=N–C) groups is 1. The Morgan fingerprint density at radius 2 is 1.81 bits per heavy atom. The minimum Gasteiger partial charge on any atom is -0.349 e. The summed E-state index contributed by atoms with van der Waals surface area (Å²) < 4.78 is 0. The molecule has 0 heterocycles. The molecule has 2 amide bonds. The maximum absolute atomic E-state index is 12.4. The van der Waals surface area contributed by atoms with E-state index in [1.165, 1.54) is 5.56 Å². The van der Waals surface area contributed by atoms with Crippen molar-refractivity contribution >= 4 is 17.7 Å². The highest BCUT2D eigenvalue weighted by Gasteiger charge is 2.16. The molecule has 0 aliphatic heterocycles. The van der Waals surface area contributed by atoms with Crippen LogP contribution in [-0.4, -0.2) is 44.6 Å². The van der Waals surface area contributed by atoms with Crippen LogP contribution in [0.4, 0.5) is 10.5 Å². The molecule has 5 nitrogen and oxygen atoms in total. The summed E-state index contributed by atoms with van der Waals surface area (Å²) in [5.74, 6) is 0.543. The third kappa shape index (κ3) is 4.77. The lowest BCUT2D eigenvalue weighted by Gasteiger charge is -2.24. The van der Waals surface area contributed by atoms with Crippen molar-refractivity contribution in [3.05, 3.63) is 29.8 Å². The molecular formula is C16H26N4O. The molecule has 0 aliphatic rings. The average Bonchev–Trinajstić information content (AvgIpc) is 2.47. The number of aryl methyl sites for hydroxylation is 1. The summed E-state index contributed by atoms with van der Waals surface area (Å²) in [5.41, 5.74) is 2.19. The van der Waals surface area contributed by atoms with Gasteiger partial charge < -0.3 is 4.90 Å². The van der Waals surface area contributed by atoms with Gasteiger partial charge in [-0.25, -0.2) is 4.79 Å². The Balaban J connectivity index is 2.84. The van der Waals surface area contributed by atoms with Gasteiger partial charge in [0.2, 0.25) is 5.96 Å². The molecular weight excluding hydrogens is 264 g/mol. The van der Waals surface area contributed by atoms with Gasteiger partial charge in [-0.15, -0.1) is 0 Å². The van der Waals surface area contributed by atoms with E-state index in [1.807, 2.05) is 33.2 Å². The number of guanidine groups is 1. The van der Waals surface area contributed by atoms with Gasteiger partial charge in [0.05, 0.1) is 0 Å². The van der Waals surface area contributed by atoms with Crippen LogP contribution in [0.5, 0.6) is 0 Å². The van der Waals surface area contributed by atoms with Crippen molar-refractivity contribution in [3.8, 4) is 0 Å². The lowest BCUT2D eigenvalue weighted by Crippen LogP contribution is -2.47. The van der Waals surface area contributed by atoms with Crippen LogP contribution in [-0.2, 0) is 6.42 Å². The highest BCUT2D eigenvalue weighted by Crippen LogP contribution is 2.16. The molecule has 0 aromatic heterocycles. The Morgan fingerprint density at radius 3 is 2.24 bits per heavy atom. The van der Waals surface area contributed by atoms with Gasteiger partial charge in [-0.1, -0.05) is 25.5 Å². The first-order valence-corrected chi connectivity index (χ1v) is 7.35. The zero-order valence-corrected chi connectivity index (χ0v) is 13.7. The molecule has 1 aromatic carbocycles. The number of urea groups is 1. The van der Waals surface area contributed by atoms with Crippen LogP contribution < -0.4 is 10.2 Å². The van der Waals surface area contributed by atoms with E-state index < -0.39 is 0 Å². The molecule has 1 rings (SSSR count). The van der Waals surface area contributed by atoms with E-state index >= 15 is 0 Å². The van der Waals surface area contributed by atoms with Gasteiger partial charge in [0, 0.05) is 33.4 Å². The standard InChI is InChI=1S/C16H26N4O/c1-6-8-13-9-11-14(12-10-13)20(7-2)16(21)18-15(17-3)19(4)5/h9-12H,6-8H2,1-5H3,(H,17,18,21). The largest absolute Gasteiger partial charge is 0.349 e. The second-order valence-corrected chi connectivity index (χ2v) is 5.03. The van der Waals surface area contributed by atoms with Gasteiger partial charge in [-0.05, 0) is 31.0 Å². The topological polar surface area (TPSA) is 47.9 Å². The van der Waals surface area contributed by atoms with Crippen LogP contribution >= 0.6 is 0 Å². The van der Waals surface area contributed by atoms with Gasteiger partial charge in [0.15, 0.2) is 0 Å². The predicted octanol–water partition coefficient (Wildman–Crippen LogP) is 2.72. The van der Waals surface area contributed by atoms with Crippen molar-refractivity contribution in [2.24, 2.45) is 4.99 Å². The van der Waals surface area contributed by atoms with Gasteiger partial charge in [-0.3, -0.25) is 15.2 Å². The molecule has 21 heavy (non-hydrogen) atoms. The predicted molar refractivity (Wildman–Crippen MR) is 89.0 cm³/mol. The van der Waals surface area contributed by atoms with Crippen LogP contribution in [0.1, 0.15) is 25.8 Å². The average molecular weight is 290 g/mol. The summed E-state index contributed by atoms with van der Waals surface area (Å²) in [6.07, 6.45) is 2.18. The number of carbonyl (C=O) groups excluding carboxylic acids is 1. The Morgan fingerprint density at radius 1 is 1.19 bits per heavy atom. The number of hydrogen-bond acceptors (Lipinski definition) is 2. The van der Waals surface area contributed by atoms with Crippen LogP contribution in [0.3, 0.4) is 0 Å². The molecule has 5 heteroatoms. The van der Waals surface area contributed by atoms with Crippen molar-refractivity contribution in [1.29, 1.82) is 0 Å². The molecule has 0 fully saturated rings. The Labute approximate surface area is 127 Å². The molecule has 116 valence electrons. The second-order valence-electron chi connectivity index (χ2n) is 5.03. The Kier molecular flexibility index (Phi) is 6.72. The summed E-state index contributed by atoms with van der Waals surface area (Å²) >= 11 is 0. The molecule has 0 aliphatic carbocycles. The molecule has 0 bridgehead atoms. The Hall–Kier alpha value is -2.04. The Bertz CT molecular complexity index is 480. The maximum atomic E-state index is 12.4. The molecule has 0 radical (unpaired) electrons. The van der Waals surface area contributed by atoms with Crippen LogP contribution in [0.25, 0.3) is 0 Å². The third-order valence-electron chi connectivity index (χ3n) is 3.20. The van der Waals surface area contributed by atoms with Gasteiger partial charge in [0.25, 0.3) is 0 Å². The summed E-state index contributed by atoms with van der Waals surface area (Å²) in [4.78, 5) is 19.9. The summed E-state index contributed by atoms with van der Waals surface area (Å²) in [6, 6.07) is 7.97. The van der Waals surface area contributed by atoms with E-state index in [4.69, 9.17) is 0 Å². The minimum absolute atomic E-state index is 0.171. The van der Waals surface area contributed by atoms with E-state index in [9.17, 15) is 4.79 Å². The molecule has 1 N–H and O–H groups in total. The van der Waals surface area contributed by atoms with Crippen LogP contribution in [0.15, 0.2) is 29.3 Å². The molecule has 0 unspecified atom stereocenters. The number of rotatable bonds is 4. The first-order valence-electron chi connectivity index (χ1n) is 7.35. The quantitative estimate of drug-likeness (QED) is 0.684. The smallest absolute Gasteiger partial charge is 0.328 e. The highest BCUT2D eigenvalue weighted by molar-refractivity contribution is 6.03. The molecule has 0 saturated carbocycles.